The minimum Gasteiger partial charge on any atom is -0.348 e. The van der Waals surface area contributed by atoms with Crippen molar-refractivity contribution in [2.24, 2.45) is 5.92 Å². The maximum atomic E-state index is 12.1. The van der Waals surface area contributed by atoms with Crippen LogP contribution in [0.4, 0.5) is 0 Å². The van der Waals surface area contributed by atoms with Crippen molar-refractivity contribution in [3.8, 4) is 0 Å². The molecule has 1 atom stereocenters. The van der Waals surface area contributed by atoms with Crippen LogP contribution in [0.3, 0.4) is 0 Å². The van der Waals surface area contributed by atoms with E-state index in [1.165, 1.54) is 11.3 Å². The molecule has 1 aromatic heterocycles. The Morgan fingerprint density at radius 1 is 1.47 bits per heavy atom. The van der Waals surface area contributed by atoms with Crippen LogP contribution in [0.25, 0.3) is 0 Å². The van der Waals surface area contributed by atoms with Crippen molar-refractivity contribution < 1.29 is 4.79 Å². The van der Waals surface area contributed by atoms with Gasteiger partial charge in [0, 0.05) is 11.4 Å². The molecule has 0 aliphatic rings. The highest BCUT2D eigenvalue weighted by Gasteiger charge is 2.19. The minimum atomic E-state index is 0.00718. The zero-order valence-corrected chi connectivity index (χ0v) is 13.1. The molecule has 1 unspecified atom stereocenters. The molecule has 1 heterocycles. The molecule has 1 rings (SSSR count). The van der Waals surface area contributed by atoms with Crippen molar-refractivity contribution in [3.63, 3.8) is 0 Å². The summed E-state index contributed by atoms with van der Waals surface area (Å²) in [6.45, 7) is 8.05. The molecule has 0 bridgehead atoms. The number of alkyl halides is 1. The summed E-state index contributed by atoms with van der Waals surface area (Å²) in [5, 5.41) is 4.93. The van der Waals surface area contributed by atoms with Crippen molar-refractivity contribution in [2.45, 2.75) is 40.2 Å². The normalized spacial score (nSPS) is 12.8. The third-order valence-corrected chi connectivity index (χ3v) is 4.18. The molecule has 96 valence electrons. The molecule has 5 heteroatoms. The minimum absolute atomic E-state index is 0.00718. The lowest BCUT2D eigenvalue weighted by Gasteiger charge is -2.21. The molecule has 0 fully saturated rings. The van der Waals surface area contributed by atoms with E-state index >= 15 is 0 Å². The van der Waals surface area contributed by atoms with Crippen molar-refractivity contribution in [1.29, 1.82) is 0 Å². The Morgan fingerprint density at radius 2 is 2.12 bits per heavy atom. The quantitative estimate of drug-likeness (QED) is 0.846. The van der Waals surface area contributed by atoms with Gasteiger partial charge in [0.05, 0.1) is 10.7 Å². The van der Waals surface area contributed by atoms with E-state index in [2.05, 4.69) is 40.1 Å². The number of nitrogens with one attached hydrogen (secondary N) is 1. The molecule has 0 spiro atoms. The fourth-order valence-corrected chi connectivity index (χ4v) is 2.98. The van der Waals surface area contributed by atoms with E-state index in [1.54, 1.807) is 0 Å². The van der Waals surface area contributed by atoms with Crippen molar-refractivity contribution in [2.75, 3.05) is 5.33 Å². The van der Waals surface area contributed by atoms with Gasteiger partial charge in [-0.3, -0.25) is 4.79 Å². The first-order valence-electron chi connectivity index (χ1n) is 5.76. The SMILES string of the molecule is Cc1nc(C)c(C(=O)NC(CCBr)C(C)C)s1. The lowest BCUT2D eigenvalue weighted by molar-refractivity contribution is 0.0928. The van der Waals surface area contributed by atoms with E-state index in [-0.39, 0.29) is 11.9 Å². The molecule has 1 aromatic rings. The van der Waals surface area contributed by atoms with Crippen molar-refractivity contribution in [1.82, 2.24) is 10.3 Å². The van der Waals surface area contributed by atoms with Gasteiger partial charge in [-0.25, -0.2) is 4.98 Å². The summed E-state index contributed by atoms with van der Waals surface area (Å²) >= 11 is 4.88. The highest BCUT2D eigenvalue weighted by atomic mass is 79.9. The molecule has 3 nitrogen and oxygen atoms in total. The number of aryl methyl sites for hydroxylation is 2. The Bertz CT molecular complexity index is 390. The molecule has 0 saturated heterocycles. The molecule has 0 radical (unpaired) electrons. The van der Waals surface area contributed by atoms with E-state index in [9.17, 15) is 4.79 Å². The standard InChI is InChI=1S/C12H19BrN2OS/c1-7(2)10(5-6-13)15-12(16)11-8(3)14-9(4)17-11/h7,10H,5-6H2,1-4H3,(H,15,16). The number of hydrogen-bond acceptors (Lipinski definition) is 3. The van der Waals surface area contributed by atoms with Crippen molar-refractivity contribution in [3.05, 3.63) is 15.6 Å². The average molecular weight is 319 g/mol. The number of halogens is 1. The van der Waals surface area contributed by atoms with Gasteiger partial charge in [0.2, 0.25) is 0 Å². The molecule has 17 heavy (non-hydrogen) atoms. The maximum Gasteiger partial charge on any atom is 0.263 e. The Hall–Kier alpha value is -0.420. The first-order chi connectivity index (χ1) is 7.95. The average Bonchev–Trinajstić information content (AvgIpc) is 2.57. The summed E-state index contributed by atoms with van der Waals surface area (Å²) in [7, 11) is 0. The van der Waals surface area contributed by atoms with Crippen LogP contribution < -0.4 is 5.32 Å². The Morgan fingerprint density at radius 3 is 2.53 bits per heavy atom. The Kier molecular flexibility index (Phi) is 5.59. The molecule has 0 aromatic carbocycles. The number of aromatic nitrogens is 1. The van der Waals surface area contributed by atoms with Gasteiger partial charge in [0.25, 0.3) is 5.91 Å². The van der Waals surface area contributed by atoms with Crippen LogP contribution in [0.2, 0.25) is 0 Å². The number of nitrogens with zero attached hydrogens (tertiary/aromatic N) is 1. The second kappa shape index (κ2) is 6.50. The number of amides is 1. The maximum absolute atomic E-state index is 12.1. The number of carbonyl (C=O) groups is 1. The molecule has 0 aliphatic carbocycles. The highest BCUT2D eigenvalue weighted by Crippen LogP contribution is 2.18. The summed E-state index contributed by atoms with van der Waals surface area (Å²) in [5.41, 5.74) is 0.825. The predicted molar refractivity (Wildman–Crippen MR) is 76.1 cm³/mol. The number of rotatable bonds is 5. The molecule has 1 N–H and O–H groups in total. The second-order valence-corrected chi connectivity index (χ2v) is 6.45. The first-order valence-corrected chi connectivity index (χ1v) is 7.70. The van der Waals surface area contributed by atoms with E-state index < -0.39 is 0 Å². The summed E-state index contributed by atoms with van der Waals surface area (Å²) in [4.78, 5) is 17.1. The van der Waals surface area contributed by atoms with Crippen LogP contribution in [0, 0.1) is 19.8 Å². The largest absolute Gasteiger partial charge is 0.348 e. The molecular weight excluding hydrogens is 300 g/mol. The van der Waals surface area contributed by atoms with Crippen molar-refractivity contribution >= 4 is 33.2 Å². The van der Waals surface area contributed by atoms with Gasteiger partial charge < -0.3 is 5.32 Å². The van der Waals surface area contributed by atoms with E-state index in [0.29, 0.717) is 5.92 Å². The van der Waals surface area contributed by atoms with E-state index in [4.69, 9.17) is 0 Å². The van der Waals surface area contributed by atoms with Crippen LogP contribution in [0.1, 0.15) is 40.6 Å². The van der Waals surface area contributed by atoms with Gasteiger partial charge in [-0.2, -0.15) is 0 Å². The topological polar surface area (TPSA) is 42.0 Å². The zero-order valence-electron chi connectivity index (χ0n) is 10.7. The van der Waals surface area contributed by atoms with Crippen LogP contribution >= 0.6 is 27.3 Å². The van der Waals surface area contributed by atoms with Crippen LogP contribution in [0.15, 0.2) is 0 Å². The van der Waals surface area contributed by atoms with Crippen LogP contribution in [-0.2, 0) is 0 Å². The molecular formula is C12H19BrN2OS. The lowest BCUT2D eigenvalue weighted by atomic mass is 10.0. The fraction of sp³-hybridized carbons (Fsp3) is 0.667. The zero-order chi connectivity index (χ0) is 13.0. The summed E-state index contributed by atoms with van der Waals surface area (Å²) in [6.07, 6.45) is 0.945. The first kappa shape index (κ1) is 14.6. The fourth-order valence-electron chi connectivity index (χ4n) is 1.67. The summed E-state index contributed by atoms with van der Waals surface area (Å²) in [5.74, 6) is 0.443. The third-order valence-electron chi connectivity index (χ3n) is 2.65. The molecule has 1 amide bonds. The summed E-state index contributed by atoms with van der Waals surface area (Å²) in [6, 6.07) is 0.212. The van der Waals surface area contributed by atoms with Gasteiger partial charge in [-0.05, 0) is 26.2 Å². The predicted octanol–water partition coefficient (Wildman–Crippen LogP) is 3.30. The third kappa shape index (κ3) is 4.07. The van der Waals surface area contributed by atoms with Gasteiger partial charge in [-0.1, -0.05) is 29.8 Å². The monoisotopic (exact) mass is 318 g/mol. The van der Waals surface area contributed by atoms with E-state index in [1.807, 2.05) is 13.8 Å². The van der Waals surface area contributed by atoms with Gasteiger partial charge in [0.15, 0.2) is 0 Å². The number of carbonyl (C=O) groups excluding carboxylic acids is 1. The Balaban J connectivity index is 2.73. The van der Waals surface area contributed by atoms with Gasteiger partial charge in [-0.15, -0.1) is 11.3 Å². The number of thiazole rings is 1. The van der Waals surface area contributed by atoms with Crippen LogP contribution in [0.5, 0.6) is 0 Å². The highest BCUT2D eigenvalue weighted by molar-refractivity contribution is 9.09. The van der Waals surface area contributed by atoms with Crippen LogP contribution in [-0.4, -0.2) is 22.3 Å². The second-order valence-electron chi connectivity index (χ2n) is 4.45. The Labute approximate surface area is 115 Å². The van der Waals surface area contributed by atoms with Gasteiger partial charge >= 0.3 is 0 Å². The smallest absolute Gasteiger partial charge is 0.263 e. The molecule has 0 saturated carbocycles. The van der Waals surface area contributed by atoms with Gasteiger partial charge in [0.1, 0.15) is 4.88 Å². The van der Waals surface area contributed by atoms with E-state index in [0.717, 1.165) is 27.3 Å². The lowest BCUT2D eigenvalue weighted by Crippen LogP contribution is -2.38. The summed E-state index contributed by atoms with van der Waals surface area (Å²) < 4.78 is 0. The number of hydrogen-bond donors (Lipinski definition) is 1. The molecule has 0 aliphatic heterocycles.